The summed E-state index contributed by atoms with van der Waals surface area (Å²) in [7, 11) is 0. The Kier molecular flexibility index (Phi) is 2.40. The van der Waals surface area contributed by atoms with Crippen LogP contribution in [0.15, 0.2) is 4.40 Å². The maximum atomic E-state index is 4.26. The molecule has 0 amide bonds. The first-order valence-corrected chi connectivity index (χ1v) is 4.05. The average Bonchev–Trinajstić information content (AvgIpc) is 2.19. The van der Waals surface area contributed by atoms with Gasteiger partial charge in [0.05, 0.1) is 0 Å². The minimum atomic E-state index is 1.22. The molecular formula is C6H11NS. The second kappa shape index (κ2) is 3.13. The Hall–Kier alpha value is 0.0200. The molecule has 0 aliphatic carbocycles. The molecule has 46 valence electrons. The molecule has 0 saturated carbocycles. The van der Waals surface area contributed by atoms with Gasteiger partial charge in [-0.05, 0) is 24.8 Å². The number of nitrogens with zero attached hydrogens (tertiary/aromatic N) is 1. The highest BCUT2D eigenvalue weighted by atomic mass is 32.2. The van der Waals surface area contributed by atoms with Crippen molar-refractivity contribution in [3.63, 3.8) is 0 Å². The maximum Gasteiger partial charge on any atom is 0.0271 e. The van der Waals surface area contributed by atoms with Gasteiger partial charge in [0, 0.05) is 11.5 Å². The number of hydrogen-bond acceptors (Lipinski definition) is 2. The molecule has 1 heterocycles. The van der Waals surface area contributed by atoms with E-state index >= 15 is 0 Å². The largest absolute Gasteiger partial charge is 0.226 e. The van der Waals surface area contributed by atoms with Crippen molar-refractivity contribution >= 4 is 17.7 Å². The van der Waals surface area contributed by atoms with E-state index in [0.29, 0.717) is 0 Å². The fraction of sp³-hybridized carbons (Fsp3) is 0.833. The van der Waals surface area contributed by atoms with E-state index < -0.39 is 0 Å². The summed E-state index contributed by atoms with van der Waals surface area (Å²) in [4.78, 5) is 0. The second-order valence-corrected chi connectivity index (χ2v) is 2.84. The van der Waals surface area contributed by atoms with E-state index in [1.807, 2.05) is 0 Å². The number of rotatable bonds is 2. The molecule has 1 nitrogen and oxygen atoms in total. The van der Waals surface area contributed by atoms with Crippen LogP contribution < -0.4 is 0 Å². The van der Waals surface area contributed by atoms with Crippen molar-refractivity contribution in [1.29, 1.82) is 0 Å². The van der Waals surface area contributed by atoms with Crippen molar-refractivity contribution in [3.8, 4) is 0 Å². The topological polar surface area (TPSA) is 12.4 Å². The van der Waals surface area contributed by atoms with Crippen LogP contribution in [0.25, 0.3) is 0 Å². The highest BCUT2D eigenvalue weighted by Crippen LogP contribution is 2.16. The molecule has 1 rings (SSSR count). The summed E-state index contributed by atoms with van der Waals surface area (Å²) in [6.07, 6.45) is 3.70. The molecule has 0 unspecified atom stereocenters. The molecule has 0 radical (unpaired) electrons. The molecule has 0 fully saturated rings. The zero-order valence-electron chi connectivity index (χ0n) is 5.18. The van der Waals surface area contributed by atoms with Gasteiger partial charge in [0.1, 0.15) is 0 Å². The first kappa shape index (κ1) is 6.14. The van der Waals surface area contributed by atoms with Gasteiger partial charge in [-0.25, -0.2) is 4.40 Å². The zero-order valence-corrected chi connectivity index (χ0v) is 6.00. The lowest BCUT2D eigenvalue weighted by molar-refractivity contribution is 0.978. The SMILES string of the molecule is CCCC1=NSCC1. The van der Waals surface area contributed by atoms with Crippen LogP contribution in [0, 0.1) is 0 Å². The third-order valence-corrected chi connectivity index (χ3v) is 1.99. The molecule has 0 aromatic heterocycles. The monoisotopic (exact) mass is 129 g/mol. The summed E-state index contributed by atoms with van der Waals surface area (Å²) in [5.74, 6) is 1.22. The van der Waals surface area contributed by atoms with Gasteiger partial charge in [0.15, 0.2) is 0 Å². The van der Waals surface area contributed by atoms with Crippen LogP contribution in [0.1, 0.15) is 26.2 Å². The van der Waals surface area contributed by atoms with Crippen molar-refractivity contribution in [2.24, 2.45) is 4.40 Å². The Balaban J connectivity index is 2.23. The van der Waals surface area contributed by atoms with Crippen molar-refractivity contribution in [2.45, 2.75) is 26.2 Å². The summed E-state index contributed by atoms with van der Waals surface area (Å²) < 4.78 is 4.26. The average molecular weight is 129 g/mol. The van der Waals surface area contributed by atoms with Gasteiger partial charge in [-0.1, -0.05) is 13.3 Å². The van der Waals surface area contributed by atoms with Gasteiger partial charge < -0.3 is 0 Å². The Labute approximate surface area is 54.7 Å². The fourth-order valence-corrected chi connectivity index (χ4v) is 1.59. The fourth-order valence-electron chi connectivity index (χ4n) is 0.805. The Morgan fingerprint density at radius 3 is 3.12 bits per heavy atom. The minimum absolute atomic E-state index is 1.22. The molecule has 0 N–H and O–H groups in total. The van der Waals surface area contributed by atoms with Crippen molar-refractivity contribution in [1.82, 2.24) is 0 Å². The van der Waals surface area contributed by atoms with Crippen LogP contribution in [-0.2, 0) is 0 Å². The van der Waals surface area contributed by atoms with E-state index in [4.69, 9.17) is 0 Å². The van der Waals surface area contributed by atoms with Gasteiger partial charge >= 0.3 is 0 Å². The molecule has 1 aliphatic heterocycles. The van der Waals surface area contributed by atoms with Gasteiger partial charge in [-0.3, -0.25) is 0 Å². The van der Waals surface area contributed by atoms with Crippen molar-refractivity contribution in [2.75, 3.05) is 5.75 Å². The first-order chi connectivity index (χ1) is 3.93. The van der Waals surface area contributed by atoms with Crippen LogP contribution in [0.5, 0.6) is 0 Å². The quantitative estimate of drug-likeness (QED) is 0.521. The standard InChI is InChI=1S/C6H11NS/c1-2-3-6-4-5-8-7-6/h2-5H2,1H3. The van der Waals surface area contributed by atoms with Crippen LogP contribution in [0.4, 0.5) is 0 Å². The Morgan fingerprint density at radius 1 is 1.75 bits per heavy atom. The highest BCUT2D eigenvalue weighted by molar-refractivity contribution is 7.98. The van der Waals surface area contributed by atoms with Crippen LogP contribution in [0.3, 0.4) is 0 Å². The molecule has 0 spiro atoms. The Bertz CT molecular complexity index is 98.7. The van der Waals surface area contributed by atoms with Gasteiger partial charge in [-0.2, -0.15) is 0 Å². The van der Waals surface area contributed by atoms with Crippen LogP contribution in [-0.4, -0.2) is 11.5 Å². The predicted molar refractivity (Wildman–Crippen MR) is 39.4 cm³/mol. The minimum Gasteiger partial charge on any atom is -0.226 e. The van der Waals surface area contributed by atoms with E-state index in [1.54, 1.807) is 11.9 Å². The molecule has 0 bridgehead atoms. The smallest absolute Gasteiger partial charge is 0.0271 e. The second-order valence-electron chi connectivity index (χ2n) is 1.99. The maximum absolute atomic E-state index is 4.26. The Morgan fingerprint density at radius 2 is 2.62 bits per heavy atom. The molecule has 0 atom stereocenters. The van der Waals surface area contributed by atoms with E-state index in [1.165, 1.54) is 30.7 Å². The van der Waals surface area contributed by atoms with Crippen LogP contribution in [0.2, 0.25) is 0 Å². The third-order valence-electron chi connectivity index (χ3n) is 1.21. The number of hydrogen-bond donors (Lipinski definition) is 0. The molecule has 8 heavy (non-hydrogen) atoms. The lowest BCUT2D eigenvalue weighted by Crippen LogP contribution is -1.91. The molecule has 0 aromatic carbocycles. The van der Waals surface area contributed by atoms with Gasteiger partial charge in [-0.15, -0.1) is 0 Å². The lowest BCUT2D eigenvalue weighted by atomic mass is 10.2. The van der Waals surface area contributed by atoms with E-state index in [-0.39, 0.29) is 0 Å². The zero-order chi connectivity index (χ0) is 5.82. The molecule has 0 aromatic rings. The van der Waals surface area contributed by atoms with Crippen molar-refractivity contribution in [3.05, 3.63) is 0 Å². The first-order valence-electron chi connectivity index (χ1n) is 3.11. The van der Waals surface area contributed by atoms with Gasteiger partial charge in [0.2, 0.25) is 0 Å². The third kappa shape index (κ3) is 1.51. The molecule has 0 saturated heterocycles. The van der Waals surface area contributed by atoms with E-state index in [2.05, 4.69) is 11.3 Å². The molecular weight excluding hydrogens is 118 g/mol. The van der Waals surface area contributed by atoms with Crippen LogP contribution >= 0.6 is 11.9 Å². The summed E-state index contributed by atoms with van der Waals surface area (Å²) in [5.41, 5.74) is 1.41. The molecule has 2 heteroatoms. The normalized spacial score (nSPS) is 18.9. The summed E-state index contributed by atoms with van der Waals surface area (Å²) in [6, 6.07) is 0. The summed E-state index contributed by atoms with van der Waals surface area (Å²) in [6.45, 7) is 2.20. The molecule has 1 aliphatic rings. The van der Waals surface area contributed by atoms with E-state index in [0.717, 1.165) is 0 Å². The predicted octanol–water partition coefficient (Wildman–Crippen LogP) is 2.28. The van der Waals surface area contributed by atoms with Gasteiger partial charge in [0.25, 0.3) is 0 Å². The van der Waals surface area contributed by atoms with E-state index in [9.17, 15) is 0 Å². The highest BCUT2D eigenvalue weighted by Gasteiger charge is 2.03. The summed E-state index contributed by atoms with van der Waals surface area (Å²) >= 11 is 1.71. The summed E-state index contributed by atoms with van der Waals surface area (Å²) in [5, 5.41) is 0. The lowest BCUT2D eigenvalue weighted by Gasteiger charge is -1.90. The van der Waals surface area contributed by atoms with Crippen molar-refractivity contribution < 1.29 is 0 Å².